The van der Waals surface area contributed by atoms with Gasteiger partial charge in [-0.2, -0.15) is 0 Å². The van der Waals surface area contributed by atoms with Crippen LogP contribution in [0.1, 0.15) is 25.0 Å². The molecule has 0 amide bonds. The highest BCUT2D eigenvalue weighted by molar-refractivity contribution is 6.28. The number of carbonyl (C=O) groups is 2. The maximum absolute atomic E-state index is 12.5. The highest BCUT2D eigenvalue weighted by Crippen LogP contribution is 2.43. The SMILES string of the molecule is CCOc1ccc(C2=C3OC(=O)C(c4ccc(OCC)cc4)=C3OC2=O)cc1. The molecular weight excluding hydrogens is 360 g/mol. The molecule has 0 fully saturated rings. The third-order valence-corrected chi connectivity index (χ3v) is 4.37. The summed E-state index contributed by atoms with van der Waals surface area (Å²) in [5.74, 6) is 0.594. The monoisotopic (exact) mass is 378 g/mol. The lowest BCUT2D eigenvalue weighted by Gasteiger charge is -2.06. The minimum Gasteiger partial charge on any atom is -0.494 e. The average Bonchev–Trinajstić information content (AvgIpc) is 3.16. The first-order valence-electron chi connectivity index (χ1n) is 9.02. The molecule has 0 aliphatic carbocycles. The highest BCUT2D eigenvalue weighted by Gasteiger charge is 2.43. The van der Waals surface area contributed by atoms with Gasteiger partial charge < -0.3 is 18.9 Å². The molecule has 4 rings (SSSR count). The summed E-state index contributed by atoms with van der Waals surface area (Å²) in [6, 6.07) is 14.0. The molecule has 2 aliphatic heterocycles. The van der Waals surface area contributed by atoms with E-state index in [9.17, 15) is 9.59 Å². The van der Waals surface area contributed by atoms with Crippen LogP contribution in [0.4, 0.5) is 0 Å². The first-order valence-corrected chi connectivity index (χ1v) is 9.02. The standard InChI is InChI=1S/C22H18O6/c1-3-25-15-9-5-13(6-10-15)17-19-20(28-21(17)23)18(22(24)27-19)14-7-11-16(12-8-14)26-4-2/h5-12H,3-4H2,1-2H3. The number of ether oxygens (including phenoxy) is 4. The molecule has 2 aromatic carbocycles. The maximum atomic E-state index is 12.5. The molecule has 2 aromatic rings. The van der Waals surface area contributed by atoms with Crippen molar-refractivity contribution in [3.8, 4) is 11.5 Å². The maximum Gasteiger partial charge on any atom is 0.348 e. The smallest absolute Gasteiger partial charge is 0.348 e. The molecular formula is C22H18O6. The van der Waals surface area contributed by atoms with Crippen LogP contribution >= 0.6 is 0 Å². The van der Waals surface area contributed by atoms with Gasteiger partial charge in [-0.15, -0.1) is 0 Å². The van der Waals surface area contributed by atoms with Crippen LogP contribution in [-0.4, -0.2) is 25.2 Å². The summed E-state index contributed by atoms with van der Waals surface area (Å²) >= 11 is 0. The van der Waals surface area contributed by atoms with Gasteiger partial charge in [-0.05, 0) is 49.2 Å². The van der Waals surface area contributed by atoms with E-state index in [4.69, 9.17) is 18.9 Å². The van der Waals surface area contributed by atoms with Crippen molar-refractivity contribution in [2.75, 3.05) is 13.2 Å². The lowest BCUT2D eigenvalue weighted by molar-refractivity contribution is -0.131. The van der Waals surface area contributed by atoms with E-state index < -0.39 is 11.9 Å². The third kappa shape index (κ3) is 3.03. The second kappa shape index (κ2) is 7.23. The molecule has 0 saturated carbocycles. The van der Waals surface area contributed by atoms with E-state index in [0.717, 1.165) is 0 Å². The first-order chi connectivity index (χ1) is 13.6. The first kappa shape index (κ1) is 17.9. The zero-order chi connectivity index (χ0) is 19.7. The molecule has 0 spiro atoms. The van der Waals surface area contributed by atoms with Gasteiger partial charge >= 0.3 is 11.9 Å². The van der Waals surface area contributed by atoms with Crippen molar-refractivity contribution in [3.63, 3.8) is 0 Å². The lowest BCUT2D eigenvalue weighted by atomic mass is 10.0. The van der Waals surface area contributed by atoms with Gasteiger partial charge in [-0.3, -0.25) is 0 Å². The number of rotatable bonds is 6. The molecule has 6 nitrogen and oxygen atoms in total. The van der Waals surface area contributed by atoms with Crippen molar-refractivity contribution in [1.82, 2.24) is 0 Å². The van der Waals surface area contributed by atoms with Crippen molar-refractivity contribution >= 4 is 23.1 Å². The topological polar surface area (TPSA) is 71.1 Å². The second-order valence-corrected chi connectivity index (χ2v) is 6.10. The van der Waals surface area contributed by atoms with Gasteiger partial charge in [0.25, 0.3) is 0 Å². The van der Waals surface area contributed by atoms with E-state index in [0.29, 0.717) is 35.8 Å². The average molecular weight is 378 g/mol. The van der Waals surface area contributed by atoms with Gasteiger partial charge in [0.1, 0.15) is 22.6 Å². The molecule has 6 heteroatoms. The lowest BCUT2D eigenvalue weighted by Crippen LogP contribution is -2.05. The van der Waals surface area contributed by atoms with Crippen molar-refractivity contribution < 1.29 is 28.5 Å². The molecule has 0 atom stereocenters. The molecule has 0 N–H and O–H groups in total. The van der Waals surface area contributed by atoms with Crippen LogP contribution in [0.3, 0.4) is 0 Å². The fourth-order valence-electron chi connectivity index (χ4n) is 3.16. The van der Waals surface area contributed by atoms with Crippen LogP contribution in [-0.2, 0) is 19.1 Å². The van der Waals surface area contributed by atoms with Crippen LogP contribution in [0.5, 0.6) is 11.5 Å². The van der Waals surface area contributed by atoms with Crippen molar-refractivity contribution in [3.05, 3.63) is 71.2 Å². The van der Waals surface area contributed by atoms with Crippen LogP contribution in [0.15, 0.2) is 60.0 Å². The number of benzene rings is 2. The molecule has 28 heavy (non-hydrogen) atoms. The summed E-state index contributed by atoms with van der Waals surface area (Å²) in [7, 11) is 0. The normalized spacial score (nSPS) is 15.5. The fraction of sp³-hybridized carbons (Fsp3) is 0.182. The Hall–Kier alpha value is -3.54. The number of esters is 2. The molecule has 2 heterocycles. The number of hydrogen-bond donors (Lipinski definition) is 0. The van der Waals surface area contributed by atoms with Crippen molar-refractivity contribution in [2.45, 2.75) is 13.8 Å². The zero-order valence-corrected chi connectivity index (χ0v) is 15.5. The molecule has 0 radical (unpaired) electrons. The summed E-state index contributed by atoms with van der Waals surface area (Å²) in [4.78, 5) is 24.9. The van der Waals surface area contributed by atoms with E-state index in [-0.39, 0.29) is 22.7 Å². The van der Waals surface area contributed by atoms with Gasteiger partial charge in [0.15, 0.2) is 11.5 Å². The van der Waals surface area contributed by atoms with Gasteiger partial charge in [0.2, 0.25) is 0 Å². The number of hydrogen-bond acceptors (Lipinski definition) is 6. The van der Waals surface area contributed by atoms with Crippen LogP contribution < -0.4 is 9.47 Å². The molecule has 0 unspecified atom stereocenters. The Labute approximate surface area is 162 Å². The summed E-state index contributed by atoms with van der Waals surface area (Å²) in [6.45, 7) is 4.88. The third-order valence-electron chi connectivity index (χ3n) is 4.37. The van der Waals surface area contributed by atoms with Crippen molar-refractivity contribution in [1.29, 1.82) is 0 Å². The summed E-state index contributed by atoms with van der Waals surface area (Å²) in [6.07, 6.45) is 0. The van der Waals surface area contributed by atoms with Gasteiger partial charge in [-0.25, -0.2) is 9.59 Å². The summed E-state index contributed by atoms with van der Waals surface area (Å²) in [5.41, 5.74) is 1.65. The molecule has 0 saturated heterocycles. The molecule has 0 bridgehead atoms. The van der Waals surface area contributed by atoms with Crippen LogP contribution in [0.25, 0.3) is 11.1 Å². The quantitative estimate of drug-likeness (QED) is 0.714. The van der Waals surface area contributed by atoms with Gasteiger partial charge in [0, 0.05) is 0 Å². The predicted octanol–water partition coefficient (Wildman–Crippen LogP) is 3.72. The van der Waals surface area contributed by atoms with Crippen LogP contribution in [0.2, 0.25) is 0 Å². The second-order valence-electron chi connectivity index (χ2n) is 6.10. The minimum absolute atomic E-state index is 0.156. The van der Waals surface area contributed by atoms with E-state index in [2.05, 4.69) is 0 Å². The molecule has 0 aromatic heterocycles. The molecule has 142 valence electrons. The Kier molecular flexibility index (Phi) is 4.61. The fourth-order valence-corrected chi connectivity index (χ4v) is 3.16. The van der Waals surface area contributed by atoms with E-state index in [1.54, 1.807) is 48.5 Å². The minimum atomic E-state index is -0.551. The predicted molar refractivity (Wildman–Crippen MR) is 101 cm³/mol. The van der Waals surface area contributed by atoms with Gasteiger partial charge in [-0.1, -0.05) is 24.3 Å². The van der Waals surface area contributed by atoms with Gasteiger partial charge in [0.05, 0.1) is 13.2 Å². The molecule has 2 aliphatic rings. The van der Waals surface area contributed by atoms with E-state index >= 15 is 0 Å². The Balaban J connectivity index is 1.73. The summed E-state index contributed by atoms with van der Waals surface area (Å²) in [5, 5.41) is 0. The summed E-state index contributed by atoms with van der Waals surface area (Å²) < 4.78 is 21.6. The highest BCUT2D eigenvalue weighted by atomic mass is 16.6. The van der Waals surface area contributed by atoms with Crippen LogP contribution in [0, 0.1) is 0 Å². The Morgan fingerprint density at radius 2 is 1.00 bits per heavy atom. The number of carbonyl (C=O) groups excluding carboxylic acids is 2. The number of fused-ring (bicyclic) bond motifs is 1. The Morgan fingerprint density at radius 3 is 1.32 bits per heavy atom. The largest absolute Gasteiger partial charge is 0.494 e. The Bertz CT molecular complexity index is 913. The van der Waals surface area contributed by atoms with E-state index in [1.165, 1.54) is 0 Å². The van der Waals surface area contributed by atoms with Crippen molar-refractivity contribution in [2.24, 2.45) is 0 Å². The zero-order valence-electron chi connectivity index (χ0n) is 15.5. The Morgan fingerprint density at radius 1 is 0.643 bits per heavy atom. The van der Waals surface area contributed by atoms with E-state index in [1.807, 2.05) is 13.8 Å².